The SMILES string of the molecule is OCCCCCCC(O)CSS. The fraction of sp³-hybridized carbons (Fsp3) is 1.00. The zero-order valence-corrected chi connectivity index (χ0v) is 8.99. The highest BCUT2D eigenvalue weighted by molar-refractivity contribution is 8.68. The summed E-state index contributed by atoms with van der Waals surface area (Å²) in [4.78, 5) is 0. The van der Waals surface area contributed by atoms with Gasteiger partial charge in [-0.25, -0.2) is 0 Å². The second-order valence-electron chi connectivity index (χ2n) is 2.88. The highest BCUT2D eigenvalue weighted by Gasteiger charge is 2.01. The maximum atomic E-state index is 9.29. The molecule has 0 aromatic rings. The van der Waals surface area contributed by atoms with E-state index in [2.05, 4.69) is 11.7 Å². The summed E-state index contributed by atoms with van der Waals surface area (Å²) in [5.41, 5.74) is 0. The normalized spacial score (nSPS) is 13.2. The predicted octanol–water partition coefficient (Wildman–Crippen LogP) is 1.87. The molecule has 0 aromatic carbocycles. The van der Waals surface area contributed by atoms with Crippen molar-refractivity contribution in [2.45, 2.75) is 38.2 Å². The van der Waals surface area contributed by atoms with Crippen LogP contribution in [-0.4, -0.2) is 28.7 Å². The van der Waals surface area contributed by atoms with Gasteiger partial charge in [-0.3, -0.25) is 0 Å². The number of hydrogen-bond acceptors (Lipinski definition) is 4. The highest BCUT2D eigenvalue weighted by Crippen LogP contribution is 2.12. The van der Waals surface area contributed by atoms with Crippen molar-refractivity contribution in [2.75, 3.05) is 12.4 Å². The molecule has 0 amide bonds. The van der Waals surface area contributed by atoms with Crippen molar-refractivity contribution in [1.29, 1.82) is 0 Å². The van der Waals surface area contributed by atoms with Crippen molar-refractivity contribution >= 4 is 22.5 Å². The smallest absolute Gasteiger partial charge is 0.0638 e. The van der Waals surface area contributed by atoms with Crippen LogP contribution in [0.15, 0.2) is 0 Å². The Kier molecular flexibility index (Phi) is 10.2. The van der Waals surface area contributed by atoms with Gasteiger partial charge in [-0.15, -0.1) is 11.7 Å². The lowest BCUT2D eigenvalue weighted by Gasteiger charge is -2.07. The van der Waals surface area contributed by atoms with E-state index in [0.29, 0.717) is 5.75 Å². The van der Waals surface area contributed by atoms with Gasteiger partial charge < -0.3 is 10.2 Å². The Morgan fingerprint density at radius 2 is 1.83 bits per heavy atom. The van der Waals surface area contributed by atoms with Crippen LogP contribution < -0.4 is 0 Å². The number of unbranched alkanes of at least 4 members (excludes halogenated alkanes) is 3. The molecule has 1 atom stereocenters. The van der Waals surface area contributed by atoms with Crippen LogP contribution in [-0.2, 0) is 0 Å². The Labute approximate surface area is 83.6 Å². The average molecular weight is 210 g/mol. The van der Waals surface area contributed by atoms with Gasteiger partial charge in [0.05, 0.1) is 6.10 Å². The first kappa shape index (κ1) is 12.6. The zero-order chi connectivity index (χ0) is 9.23. The third-order valence-corrected chi connectivity index (χ3v) is 2.69. The molecule has 0 spiro atoms. The van der Waals surface area contributed by atoms with E-state index in [-0.39, 0.29) is 12.7 Å². The summed E-state index contributed by atoms with van der Waals surface area (Å²) in [5.74, 6) is 0.711. The maximum absolute atomic E-state index is 9.29. The first-order valence-electron chi connectivity index (χ1n) is 4.36. The molecule has 4 heteroatoms. The van der Waals surface area contributed by atoms with Crippen LogP contribution in [0.5, 0.6) is 0 Å². The average Bonchev–Trinajstić information content (AvgIpc) is 2.05. The van der Waals surface area contributed by atoms with Crippen molar-refractivity contribution < 1.29 is 10.2 Å². The largest absolute Gasteiger partial charge is 0.396 e. The molecular weight excluding hydrogens is 192 g/mol. The van der Waals surface area contributed by atoms with Crippen molar-refractivity contribution in [3.63, 3.8) is 0 Å². The highest BCUT2D eigenvalue weighted by atomic mass is 33.1. The molecule has 12 heavy (non-hydrogen) atoms. The van der Waals surface area contributed by atoms with Gasteiger partial charge in [0.25, 0.3) is 0 Å². The van der Waals surface area contributed by atoms with Crippen LogP contribution in [0.1, 0.15) is 32.1 Å². The van der Waals surface area contributed by atoms with Crippen LogP contribution in [0.2, 0.25) is 0 Å². The molecule has 1 unspecified atom stereocenters. The lowest BCUT2D eigenvalue weighted by molar-refractivity contribution is 0.184. The number of aliphatic hydroxyl groups is 2. The topological polar surface area (TPSA) is 40.5 Å². The fourth-order valence-corrected chi connectivity index (χ4v) is 1.87. The minimum absolute atomic E-state index is 0.207. The summed E-state index contributed by atoms with van der Waals surface area (Å²) in [6.45, 7) is 0.287. The van der Waals surface area contributed by atoms with Crippen LogP contribution in [0.3, 0.4) is 0 Å². The van der Waals surface area contributed by atoms with Crippen molar-refractivity contribution in [3.8, 4) is 0 Å². The summed E-state index contributed by atoms with van der Waals surface area (Å²) in [6, 6.07) is 0. The summed E-state index contributed by atoms with van der Waals surface area (Å²) in [5, 5.41) is 17.8. The van der Waals surface area contributed by atoms with Crippen molar-refractivity contribution in [1.82, 2.24) is 0 Å². The molecule has 0 saturated heterocycles. The van der Waals surface area contributed by atoms with Crippen LogP contribution in [0, 0.1) is 0 Å². The van der Waals surface area contributed by atoms with Gasteiger partial charge >= 0.3 is 0 Å². The molecule has 0 rings (SSSR count). The molecule has 0 aromatic heterocycles. The summed E-state index contributed by atoms with van der Waals surface area (Å²) < 4.78 is 0. The van der Waals surface area contributed by atoms with Crippen LogP contribution in [0.4, 0.5) is 0 Å². The number of hydrogen-bond donors (Lipinski definition) is 3. The van der Waals surface area contributed by atoms with E-state index in [9.17, 15) is 5.11 Å². The van der Waals surface area contributed by atoms with Crippen LogP contribution in [0.25, 0.3) is 0 Å². The monoisotopic (exact) mass is 210 g/mol. The van der Waals surface area contributed by atoms with Gasteiger partial charge in [-0.2, -0.15) is 0 Å². The van der Waals surface area contributed by atoms with Gasteiger partial charge in [0.2, 0.25) is 0 Å². The predicted molar refractivity (Wildman–Crippen MR) is 57.6 cm³/mol. The summed E-state index contributed by atoms with van der Waals surface area (Å²) >= 11 is 3.96. The quantitative estimate of drug-likeness (QED) is 0.325. The minimum Gasteiger partial charge on any atom is -0.396 e. The first-order chi connectivity index (χ1) is 5.81. The second-order valence-corrected chi connectivity index (χ2v) is 4.24. The Morgan fingerprint density at radius 3 is 2.42 bits per heavy atom. The summed E-state index contributed by atoms with van der Waals surface area (Å²) in [7, 11) is 1.38. The Hall–Kier alpha value is 0.620. The third kappa shape index (κ3) is 8.71. The van der Waals surface area contributed by atoms with Crippen LogP contribution >= 0.6 is 22.5 Å². The molecule has 2 N–H and O–H groups in total. The molecule has 74 valence electrons. The van der Waals surface area contributed by atoms with E-state index < -0.39 is 0 Å². The van der Waals surface area contributed by atoms with E-state index in [1.54, 1.807) is 0 Å². The third-order valence-electron chi connectivity index (χ3n) is 1.71. The summed E-state index contributed by atoms with van der Waals surface area (Å²) in [6.07, 6.45) is 4.76. The molecule has 0 radical (unpaired) electrons. The fourth-order valence-electron chi connectivity index (χ4n) is 1.01. The van der Waals surface area contributed by atoms with Gasteiger partial charge in [0, 0.05) is 12.4 Å². The molecule has 0 aliphatic rings. The van der Waals surface area contributed by atoms with Crippen molar-refractivity contribution in [2.24, 2.45) is 0 Å². The van der Waals surface area contributed by atoms with Gasteiger partial charge in [0.15, 0.2) is 0 Å². The molecule has 0 aliphatic heterocycles. The molecule has 0 bridgehead atoms. The Morgan fingerprint density at radius 1 is 1.17 bits per heavy atom. The first-order valence-corrected chi connectivity index (χ1v) is 6.40. The number of aliphatic hydroxyl groups excluding tert-OH is 2. The lowest BCUT2D eigenvalue weighted by Crippen LogP contribution is -2.08. The minimum atomic E-state index is -0.207. The van der Waals surface area contributed by atoms with E-state index in [1.165, 1.54) is 10.8 Å². The Balaban J connectivity index is 2.97. The zero-order valence-electron chi connectivity index (χ0n) is 7.28. The van der Waals surface area contributed by atoms with Crippen molar-refractivity contribution in [3.05, 3.63) is 0 Å². The van der Waals surface area contributed by atoms with E-state index in [1.807, 2.05) is 0 Å². The number of rotatable bonds is 8. The molecule has 0 aliphatic carbocycles. The Bertz CT molecular complexity index is 91.1. The van der Waals surface area contributed by atoms with E-state index in [0.717, 1.165) is 32.1 Å². The maximum Gasteiger partial charge on any atom is 0.0638 e. The lowest BCUT2D eigenvalue weighted by atomic mass is 10.1. The number of thiol groups is 1. The van der Waals surface area contributed by atoms with Gasteiger partial charge in [-0.1, -0.05) is 30.1 Å². The van der Waals surface area contributed by atoms with Gasteiger partial charge in [0.1, 0.15) is 0 Å². The van der Waals surface area contributed by atoms with E-state index in [4.69, 9.17) is 5.11 Å². The molecule has 2 nitrogen and oxygen atoms in total. The van der Waals surface area contributed by atoms with Gasteiger partial charge in [-0.05, 0) is 12.8 Å². The standard InChI is InChI=1S/C8H18O2S2/c9-6-4-2-1-3-5-8(10)7-12-11/h8-11H,1-7H2. The molecule has 0 heterocycles. The molecular formula is C8H18O2S2. The van der Waals surface area contributed by atoms with E-state index >= 15 is 0 Å². The second kappa shape index (κ2) is 9.71. The molecule has 0 saturated carbocycles. The molecule has 0 fully saturated rings.